The van der Waals surface area contributed by atoms with Crippen molar-refractivity contribution in [2.75, 3.05) is 13.3 Å². The smallest absolute Gasteiger partial charge is 0.310 e. The van der Waals surface area contributed by atoms with Gasteiger partial charge in [0.2, 0.25) is 0 Å². The first-order valence-corrected chi connectivity index (χ1v) is 7.28. The fourth-order valence-corrected chi connectivity index (χ4v) is 3.86. The number of carbonyl (C=O) groups excluding carboxylic acids is 1. The molecule has 4 heteroatoms. The lowest BCUT2D eigenvalue weighted by molar-refractivity contribution is -0.137. The highest BCUT2D eigenvalue weighted by Crippen LogP contribution is 2.33. The van der Waals surface area contributed by atoms with Gasteiger partial charge in [0.25, 0.3) is 0 Å². The fourth-order valence-electron chi connectivity index (χ4n) is 1.74. The van der Waals surface area contributed by atoms with E-state index >= 15 is 0 Å². The maximum atomic E-state index is 11.6. The Hall–Kier alpha value is -1.60. The van der Waals surface area contributed by atoms with Crippen molar-refractivity contribution in [1.82, 2.24) is 0 Å². The topological polar surface area (TPSA) is 26.3 Å². The zero-order chi connectivity index (χ0) is 12.8. The largest absolute Gasteiger partial charge is 0.469 e. The van der Waals surface area contributed by atoms with E-state index in [9.17, 15) is 4.79 Å². The van der Waals surface area contributed by atoms with E-state index in [0.717, 1.165) is 0 Å². The van der Waals surface area contributed by atoms with Crippen molar-refractivity contribution in [1.29, 1.82) is 0 Å². The van der Waals surface area contributed by atoms with Gasteiger partial charge in [-0.25, -0.2) is 0 Å². The molecule has 0 aliphatic rings. The summed E-state index contributed by atoms with van der Waals surface area (Å²) in [6, 6.07) is 20.3. The first-order chi connectivity index (χ1) is 8.81. The third kappa shape index (κ3) is 4.22. The minimum atomic E-state index is -0.671. The molecule has 2 rings (SSSR count). The predicted octanol–water partition coefficient (Wildman–Crippen LogP) is 1.11. The Morgan fingerprint density at radius 3 is 1.74 bits per heavy atom. The molecule has 2 aromatic carbocycles. The zero-order valence-corrected chi connectivity index (χ0v) is 11.1. The molecule has 0 radical (unpaired) electrons. The summed E-state index contributed by atoms with van der Waals surface area (Å²) in [5, 5.41) is 2.40. The van der Waals surface area contributed by atoms with E-state index in [0.29, 0.717) is 6.16 Å². The minimum absolute atomic E-state index is 0. The first-order valence-electron chi connectivity index (χ1n) is 5.75. The maximum Gasteiger partial charge on any atom is 0.310 e. The zero-order valence-electron chi connectivity index (χ0n) is 10.2. The van der Waals surface area contributed by atoms with Gasteiger partial charge in [0.1, 0.15) is 0 Å². The Balaban J connectivity index is 0.00000180. The fraction of sp³-hybridized carbons (Fsp3) is 0.133. The summed E-state index contributed by atoms with van der Waals surface area (Å²) >= 11 is 0. The number of ether oxygens (including phenoxy) is 1. The van der Waals surface area contributed by atoms with Gasteiger partial charge in [-0.1, -0.05) is 60.7 Å². The average molecular weight is 272 g/mol. The van der Waals surface area contributed by atoms with Crippen LogP contribution in [0.4, 0.5) is 0 Å². The summed E-state index contributed by atoms with van der Waals surface area (Å²) in [6.07, 6.45) is 0.430. The van der Waals surface area contributed by atoms with Gasteiger partial charge < -0.3 is 4.74 Å². The summed E-state index contributed by atoms with van der Waals surface area (Å²) in [4.78, 5) is 11.6. The Bertz CT molecular complexity index is 463. The molecule has 0 amide bonds. The molecule has 0 unspecified atom stereocenters. The van der Waals surface area contributed by atoms with Gasteiger partial charge in [0.05, 0.1) is 21.7 Å². The molecule has 19 heavy (non-hydrogen) atoms. The SMILES string of the molecule is B.COC(=O)CP(c1ccccc1)c1ccccc1. The lowest BCUT2D eigenvalue weighted by atomic mass is 10.4. The van der Waals surface area contributed by atoms with Gasteiger partial charge in [-0.3, -0.25) is 4.79 Å². The molecule has 0 bridgehead atoms. The molecule has 0 fully saturated rings. The molecule has 0 N–H and O–H groups in total. The highest BCUT2D eigenvalue weighted by atomic mass is 31.1. The van der Waals surface area contributed by atoms with Crippen molar-refractivity contribution in [2.45, 2.75) is 0 Å². The van der Waals surface area contributed by atoms with Crippen LogP contribution in [-0.4, -0.2) is 27.7 Å². The Kier molecular flexibility index (Phi) is 6.31. The Labute approximate surface area is 117 Å². The third-order valence-corrected chi connectivity index (χ3v) is 5.07. The molecule has 0 saturated heterocycles. The number of hydrogen-bond acceptors (Lipinski definition) is 2. The van der Waals surface area contributed by atoms with Gasteiger partial charge >= 0.3 is 5.97 Å². The lowest BCUT2D eigenvalue weighted by Crippen LogP contribution is -2.19. The van der Waals surface area contributed by atoms with E-state index < -0.39 is 7.92 Å². The molecule has 0 aliphatic heterocycles. The first kappa shape index (κ1) is 15.5. The number of carbonyl (C=O) groups is 1. The maximum absolute atomic E-state index is 11.6. The summed E-state index contributed by atoms with van der Waals surface area (Å²) in [6.45, 7) is 0. The number of hydrogen-bond donors (Lipinski definition) is 0. The molecule has 0 spiro atoms. The molecule has 2 aromatic rings. The van der Waals surface area contributed by atoms with Crippen molar-refractivity contribution in [3.05, 3.63) is 60.7 Å². The molecule has 0 aromatic heterocycles. The van der Waals surface area contributed by atoms with Crippen molar-refractivity contribution < 1.29 is 9.53 Å². The molecule has 2 nitrogen and oxygen atoms in total. The van der Waals surface area contributed by atoms with E-state index in [1.54, 1.807) is 0 Å². The van der Waals surface area contributed by atoms with Gasteiger partial charge in [-0.05, 0) is 18.5 Å². The molecule has 0 atom stereocenters. The normalized spacial score (nSPS) is 9.79. The van der Waals surface area contributed by atoms with Crippen LogP contribution in [-0.2, 0) is 9.53 Å². The van der Waals surface area contributed by atoms with Gasteiger partial charge in [-0.2, -0.15) is 0 Å². The van der Waals surface area contributed by atoms with Crippen molar-refractivity contribution >= 4 is 32.9 Å². The second kappa shape index (κ2) is 7.76. The minimum Gasteiger partial charge on any atom is -0.469 e. The molecule has 0 aliphatic carbocycles. The van der Waals surface area contributed by atoms with Gasteiger partial charge in [0.15, 0.2) is 0 Å². The van der Waals surface area contributed by atoms with E-state index in [4.69, 9.17) is 4.74 Å². The number of esters is 1. The summed E-state index contributed by atoms with van der Waals surface area (Å²) in [5.74, 6) is -0.159. The van der Waals surface area contributed by atoms with E-state index in [-0.39, 0.29) is 14.4 Å². The van der Waals surface area contributed by atoms with Crippen LogP contribution < -0.4 is 10.6 Å². The number of rotatable bonds is 4. The Morgan fingerprint density at radius 2 is 1.37 bits per heavy atom. The van der Waals surface area contributed by atoms with Crippen LogP contribution in [0, 0.1) is 0 Å². The Morgan fingerprint density at radius 1 is 0.947 bits per heavy atom. The highest BCUT2D eigenvalue weighted by molar-refractivity contribution is 7.73. The van der Waals surface area contributed by atoms with E-state index in [1.165, 1.54) is 17.7 Å². The summed E-state index contributed by atoms with van der Waals surface area (Å²) in [5.41, 5.74) is 0. The van der Waals surface area contributed by atoms with Crippen LogP contribution in [0.1, 0.15) is 0 Å². The van der Waals surface area contributed by atoms with Crippen LogP contribution in [0.3, 0.4) is 0 Å². The van der Waals surface area contributed by atoms with Crippen LogP contribution in [0.15, 0.2) is 60.7 Å². The molecular weight excluding hydrogens is 254 g/mol. The number of methoxy groups -OCH3 is 1. The quantitative estimate of drug-likeness (QED) is 0.473. The molecule has 98 valence electrons. The van der Waals surface area contributed by atoms with Crippen molar-refractivity contribution in [2.24, 2.45) is 0 Å². The monoisotopic (exact) mass is 272 g/mol. The van der Waals surface area contributed by atoms with Crippen LogP contribution in [0.5, 0.6) is 0 Å². The third-order valence-electron chi connectivity index (χ3n) is 2.65. The van der Waals surface area contributed by atoms with Crippen LogP contribution in [0.2, 0.25) is 0 Å². The summed E-state index contributed by atoms with van der Waals surface area (Å²) in [7, 11) is 0.766. The second-order valence-corrected chi connectivity index (χ2v) is 6.04. The van der Waals surface area contributed by atoms with E-state index in [1.807, 2.05) is 36.4 Å². The molecule has 0 saturated carbocycles. The summed E-state index contributed by atoms with van der Waals surface area (Å²) < 4.78 is 4.80. The van der Waals surface area contributed by atoms with Crippen molar-refractivity contribution in [3.8, 4) is 0 Å². The van der Waals surface area contributed by atoms with E-state index in [2.05, 4.69) is 24.3 Å². The van der Waals surface area contributed by atoms with Crippen molar-refractivity contribution in [3.63, 3.8) is 0 Å². The standard InChI is InChI=1S/C15H15O2P.BH3/c1-17-15(16)12-18(13-8-4-2-5-9-13)14-10-6-3-7-11-14;/h2-11H,12H2,1H3;1H3. The second-order valence-electron chi connectivity index (χ2n) is 3.83. The molecular formula is C15H18BO2P. The lowest BCUT2D eigenvalue weighted by Gasteiger charge is -2.17. The molecule has 0 heterocycles. The van der Waals surface area contributed by atoms with Gasteiger partial charge in [-0.15, -0.1) is 0 Å². The van der Waals surface area contributed by atoms with Crippen LogP contribution in [0.25, 0.3) is 0 Å². The highest BCUT2D eigenvalue weighted by Gasteiger charge is 2.17. The van der Waals surface area contributed by atoms with Crippen LogP contribution >= 0.6 is 7.92 Å². The predicted molar refractivity (Wildman–Crippen MR) is 85.9 cm³/mol. The number of benzene rings is 2. The van der Waals surface area contributed by atoms with Gasteiger partial charge in [0, 0.05) is 0 Å². The average Bonchev–Trinajstić information content (AvgIpc) is 2.46.